The molecule has 13 heavy (non-hydrogen) atoms. The van der Waals surface area contributed by atoms with Gasteiger partial charge in [0.15, 0.2) is 0 Å². The van der Waals surface area contributed by atoms with Gasteiger partial charge < -0.3 is 5.32 Å². The normalized spacial score (nSPS) is 19.2. The van der Waals surface area contributed by atoms with Crippen molar-refractivity contribution >= 4 is 0 Å². The number of hydrogen-bond donors (Lipinski definition) is 1. The summed E-state index contributed by atoms with van der Waals surface area (Å²) in [5.41, 5.74) is 0.572. The van der Waals surface area contributed by atoms with Crippen LogP contribution in [0.25, 0.3) is 0 Å². The van der Waals surface area contributed by atoms with Crippen molar-refractivity contribution < 1.29 is 0 Å². The first-order chi connectivity index (χ1) is 6.17. The molecule has 1 rings (SSSR count). The molecule has 1 aliphatic heterocycles. The molecule has 0 aromatic carbocycles. The van der Waals surface area contributed by atoms with E-state index >= 15 is 0 Å². The van der Waals surface area contributed by atoms with Gasteiger partial charge in [-0.25, -0.2) is 0 Å². The van der Waals surface area contributed by atoms with E-state index in [4.69, 9.17) is 0 Å². The van der Waals surface area contributed by atoms with Crippen LogP contribution in [-0.4, -0.2) is 13.1 Å². The quantitative estimate of drug-likeness (QED) is 0.695. The van der Waals surface area contributed by atoms with E-state index < -0.39 is 0 Å². The van der Waals surface area contributed by atoms with E-state index in [2.05, 4.69) is 26.1 Å². The second-order valence-electron chi connectivity index (χ2n) is 4.37. The van der Waals surface area contributed by atoms with Gasteiger partial charge in [-0.05, 0) is 37.3 Å². The highest BCUT2D eigenvalue weighted by Gasteiger charge is 2.28. The van der Waals surface area contributed by atoms with Crippen LogP contribution in [0.15, 0.2) is 0 Å². The monoisotopic (exact) mass is 185 g/mol. The van der Waals surface area contributed by atoms with E-state index in [-0.39, 0.29) is 0 Å². The van der Waals surface area contributed by atoms with Crippen LogP contribution in [0.1, 0.15) is 53.9 Å². The van der Waals surface area contributed by atoms with Crippen LogP contribution in [0.2, 0.25) is 0 Å². The molecule has 1 nitrogen and oxygen atoms in total. The van der Waals surface area contributed by atoms with Crippen LogP contribution in [0.3, 0.4) is 0 Å². The molecular weight excluding hydrogens is 158 g/mol. The molecule has 0 unspecified atom stereocenters. The fourth-order valence-corrected chi connectivity index (χ4v) is 1.89. The van der Waals surface area contributed by atoms with Gasteiger partial charge in [-0.3, -0.25) is 0 Å². The van der Waals surface area contributed by atoms with Gasteiger partial charge in [0.25, 0.3) is 0 Å². The van der Waals surface area contributed by atoms with Crippen LogP contribution < -0.4 is 5.32 Å². The lowest BCUT2D eigenvalue weighted by molar-refractivity contribution is 0.160. The summed E-state index contributed by atoms with van der Waals surface area (Å²) in [6.45, 7) is 13.6. The summed E-state index contributed by atoms with van der Waals surface area (Å²) in [6.07, 6.45) is 4.07. The zero-order valence-electron chi connectivity index (χ0n) is 10.1. The van der Waals surface area contributed by atoms with Crippen molar-refractivity contribution in [3.05, 3.63) is 0 Å². The van der Waals surface area contributed by atoms with E-state index in [0.717, 1.165) is 5.92 Å². The lowest BCUT2D eigenvalue weighted by Crippen LogP contribution is -2.35. The van der Waals surface area contributed by atoms with Crippen molar-refractivity contribution in [3.8, 4) is 0 Å². The molecule has 80 valence electrons. The largest absolute Gasteiger partial charge is 0.317 e. The van der Waals surface area contributed by atoms with Gasteiger partial charge in [0, 0.05) is 0 Å². The highest BCUT2D eigenvalue weighted by Crippen LogP contribution is 2.35. The average Bonchev–Trinajstić information content (AvgIpc) is 2.22. The number of piperidine rings is 1. The van der Waals surface area contributed by atoms with Crippen molar-refractivity contribution in [1.82, 2.24) is 5.32 Å². The van der Waals surface area contributed by atoms with Crippen LogP contribution in [0, 0.1) is 11.3 Å². The van der Waals surface area contributed by atoms with Crippen molar-refractivity contribution in [2.75, 3.05) is 13.1 Å². The third-order valence-electron chi connectivity index (χ3n) is 3.36. The molecule has 0 amide bonds. The number of nitrogens with one attached hydrogen (secondary N) is 1. The van der Waals surface area contributed by atoms with Crippen LogP contribution in [-0.2, 0) is 0 Å². The van der Waals surface area contributed by atoms with Gasteiger partial charge in [0.05, 0.1) is 0 Å². The second-order valence-corrected chi connectivity index (χ2v) is 4.37. The number of hydrogen-bond acceptors (Lipinski definition) is 1. The predicted octanol–water partition coefficient (Wildman–Crippen LogP) is 3.45. The third-order valence-corrected chi connectivity index (χ3v) is 3.36. The van der Waals surface area contributed by atoms with Crippen molar-refractivity contribution in [3.63, 3.8) is 0 Å². The summed E-state index contributed by atoms with van der Waals surface area (Å²) in [7, 11) is 0. The Morgan fingerprint density at radius 1 is 1.15 bits per heavy atom. The van der Waals surface area contributed by atoms with Gasteiger partial charge in [-0.2, -0.15) is 0 Å². The topological polar surface area (TPSA) is 12.0 Å². The summed E-state index contributed by atoms with van der Waals surface area (Å²) in [5, 5.41) is 3.41. The maximum Gasteiger partial charge on any atom is -0.00461 e. The summed E-state index contributed by atoms with van der Waals surface area (Å²) in [4.78, 5) is 0. The van der Waals surface area contributed by atoms with Crippen LogP contribution in [0.4, 0.5) is 0 Å². The number of rotatable bonds is 2. The molecule has 1 fully saturated rings. The molecular formula is C12H27N. The Balaban J connectivity index is 0.000000671. The van der Waals surface area contributed by atoms with Crippen LogP contribution >= 0.6 is 0 Å². The van der Waals surface area contributed by atoms with Crippen molar-refractivity contribution in [2.24, 2.45) is 11.3 Å². The first-order valence-corrected chi connectivity index (χ1v) is 5.87. The Hall–Kier alpha value is -0.0400. The van der Waals surface area contributed by atoms with Crippen molar-refractivity contribution in [1.29, 1.82) is 0 Å². The highest BCUT2D eigenvalue weighted by molar-refractivity contribution is 4.80. The fourth-order valence-electron chi connectivity index (χ4n) is 1.89. The minimum Gasteiger partial charge on any atom is -0.317 e. The zero-order chi connectivity index (χ0) is 10.3. The average molecular weight is 185 g/mol. The summed E-state index contributed by atoms with van der Waals surface area (Å²) >= 11 is 0. The lowest BCUT2D eigenvalue weighted by atomic mass is 9.72. The standard InChI is InChI=1S/C10H21N.C2H6/c1-4-10(2,3)9-5-7-11-8-6-9;1-2/h9,11H,4-8H2,1-3H3;1-2H3. The first kappa shape index (κ1) is 13.0. The maximum atomic E-state index is 3.41. The van der Waals surface area contributed by atoms with Gasteiger partial charge in [-0.1, -0.05) is 41.0 Å². The van der Waals surface area contributed by atoms with Gasteiger partial charge >= 0.3 is 0 Å². The van der Waals surface area contributed by atoms with E-state index in [1.165, 1.54) is 32.4 Å². The molecule has 0 atom stereocenters. The van der Waals surface area contributed by atoms with Gasteiger partial charge in [0.1, 0.15) is 0 Å². The Kier molecular flexibility index (Phi) is 6.40. The van der Waals surface area contributed by atoms with Gasteiger partial charge in [0.2, 0.25) is 0 Å². The van der Waals surface area contributed by atoms with E-state index in [9.17, 15) is 0 Å². The summed E-state index contributed by atoms with van der Waals surface area (Å²) < 4.78 is 0. The lowest BCUT2D eigenvalue weighted by Gasteiger charge is -2.36. The Labute approximate surface area is 84.3 Å². The molecule has 0 aliphatic carbocycles. The van der Waals surface area contributed by atoms with E-state index in [0.29, 0.717) is 5.41 Å². The Bertz CT molecular complexity index is 112. The molecule has 1 N–H and O–H groups in total. The van der Waals surface area contributed by atoms with E-state index in [1.54, 1.807) is 0 Å². The fraction of sp³-hybridized carbons (Fsp3) is 1.00. The first-order valence-electron chi connectivity index (χ1n) is 5.87. The molecule has 0 bridgehead atoms. The predicted molar refractivity (Wildman–Crippen MR) is 61.0 cm³/mol. The molecule has 1 saturated heterocycles. The van der Waals surface area contributed by atoms with Gasteiger partial charge in [-0.15, -0.1) is 0 Å². The smallest absolute Gasteiger partial charge is 0.00461 e. The van der Waals surface area contributed by atoms with E-state index in [1.807, 2.05) is 13.8 Å². The zero-order valence-corrected chi connectivity index (χ0v) is 10.1. The molecule has 0 radical (unpaired) electrons. The summed E-state index contributed by atoms with van der Waals surface area (Å²) in [6, 6.07) is 0. The molecule has 1 heterocycles. The molecule has 0 aromatic rings. The third kappa shape index (κ3) is 4.12. The highest BCUT2D eigenvalue weighted by atomic mass is 14.9. The Morgan fingerprint density at radius 3 is 2.00 bits per heavy atom. The molecule has 1 aliphatic rings. The Morgan fingerprint density at radius 2 is 1.62 bits per heavy atom. The SMILES string of the molecule is CC.CCC(C)(C)C1CCNCC1. The summed E-state index contributed by atoms with van der Waals surface area (Å²) in [5.74, 6) is 0.953. The minimum atomic E-state index is 0.572. The molecule has 0 saturated carbocycles. The maximum absolute atomic E-state index is 3.41. The molecule has 1 heteroatoms. The molecule has 0 aromatic heterocycles. The minimum absolute atomic E-state index is 0.572. The second kappa shape index (κ2) is 6.42. The molecule has 0 spiro atoms. The van der Waals surface area contributed by atoms with Crippen molar-refractivity contribution in [2.45, 2.75) is 53.9 Å². The van der Waals surface area contributed by atoms with Crippen LogP contribution in [0.5, 0.6) is 0 Å².